The van der Waals surface area contributed by atoms with Gasteiger partial charge in [-0.25, -0.2) is 4.98 Å². The Balaban J connectivity index is 1.99. The number of hydrogen-bond donors (Lipinski definition) is 2. The fourth-order valence-electron chi connectivity index (χ4n) is 2.19. The number of nitrogens with zero attached hydrogens (tertiary/aromatic N) is 2. The zero-order chi connectivity index (χ0) is 15.1. The molecule has 1 fully saturated rings. The molecule has 0 aliphatic carbocycles. The Kier molecular flexibility index (Phi) is 5.32. The maximum atomic E-state index is 11.5. The fraction of sp³-hybridized carbons (Fsp3) is 0.643. The molecule has 1 aliphatic heterocycles. The molecule has 0 atom stereocenters. The normalized spacial score (nSPS) is 17.2. The van der Waals surface area contributed by atoms with E-state index < -0.39 is 11.4 Å². The molecular weight excluding hydrogens is 274 g/mol. The second-order valence-electron chi connectivity index (χ2n) is 5.12. The Bertz CT molecular complexity index is 475. The summed E-state index contributed by atoms with van der Waals surface area (Å²) in [5.74, 6) is 0.0677. The number of carboxylic acid groups (broad SMARTS) is 1. The SMILES string of the molecule is CCCOc1ccnc(NCC2(C(=O)O)CCOCC2)n1. The van der Waals surface area contributed by atoms with Crippen molar-refractivity contribution in [1.82, 2.24) is 9.97 Å². The molecule has 0 saturated carbocycles. The first-order valence-corrected chi connectivity index (χ1v) is 7.17. The second kappa shape index (κ2) is 7.21. The van der Waals surface area contributed by atoms with Crippen molar-refractivity contribution in [1.29, 1.82) is 0 Å². The van der Waals surface area contributed by atoms with E-state index in [1.807, 2.05) is 6.92 Å². The van der Waals surface area contributed by atoms with Gasteiger partial charge < -0.3 is 19.9 Å². The molecule has 0 radical (unpaired) electrons. The van der Waals surface area contributed by atoms with Gasteiger partial charge in [-0.05, 0) is 19.3 Å². The van der Waals surface area contributed by atoms with Gasteiger partial charge in [0.2, 0.25) is 11.8 Å². The van der Waals surface area contributed by atoms with E-state index in [0.29, 0.717) is 44.5 Å². The lowest BCUT2D eigenvalue weighted by atomic mass is 9.80. The summed E-state index contributed by atoms with van der Waals surface area (Å²) in [7, 11) is 0. The average Bonchev–Trinajstić information content (AvgIpc) is 2.52. The van der Waals surface area contributed by atoms with E-state index in [1.54, 1.807) is 12.3 Å². The predicted octanol–water partition coefficient (Wildman–Crippen LogP) is 1.56. The molecule has 116 valence electrons. The zero-order valence-corrected chi connectivity index (χ0v) is 12.2. The van der Waals surface area contributed by atoms with Crippen LogP contribution in [0.3, 0.4) is 0 Å². The van der Waals surface area contributed by atoms with Gasteiger partial charge in [-0.3, -0.25) is 4.79 Å². The van der Waals surface area contributed by atoms with Crippen LogP contribution in [0.25, 0.3) is 0 Å². The topological polar surface area (TPSA) is 93.6 Å². The largest absolute Gasteiger partial charge is 0.481 e. The van der Waals surface area contributed by atoms with Crippen molar-refractivity contribution in [2.45, 2.75) is 26.2 Å². The fourth-order valence-corrected chi connectivity index (χ4v) is 2.19. The summed E-state index contributed by atoms with van der Waals surface area (Å²) in [5.41, 5.74) is -0.818. The van der Waals surface area contributed by atoms with Crippen LogP contribution in [0.1, 0.15) is 26.2 Å². The molecular formula is C14H21N3O4. The third kappa shape index (κ3) is 4.04. The highest BCUT2D eigenvalue weighted by Gasteiger charge is 2.40. The molecule has 7 nitrogen and oxygen atoms in total. The van der Waals surface area contributed by atoms with Crippen molar-refractivity contribution in [2.24, 2.45) is 5.41 Å². The number of anilines is 1. The number of aromatic nitrogens is 2. The van der Waals surface area contributed by atoms with Crippen molar-refractivity contribution in [3.63, 3.8) is 0 Å². The Morgan fingerprint density at radius 2 is 2.29 bits per heavy atom. The van der Waals surface area contributed by atoms with Crippen LogP contribution in [0.5, 0.6) is 5.88 Å². The van der Waals surface area contributed by atoms with E-state index in [4.69, 9.17) is 9.47 Å². The van der Waals surface area contributed by atoms with Crippen molar-refractivity contribution in [3.05, 3.63) is 12.3 Å². The molecule has 0 amide bonds. The summed E-state index contributed by atoms with van der Waals surface area (Å²) < 4.78 is 10.7. The molecule has 0 bridgehead atoms. The third-order valence-electron chi connectivity index (χ3n) is 3.57. The number of nitrogens with one attached hydrogen (secondary N) is 1. The number of carboxylic acids is 1. The molecule has 2 heterocycles. The minimum atomic E-state index is -0.818. The maximum Gasteiger partial charge on any atom is 0.311 e. The molecule has 2 rings (SSSR count). The van der Waals surface area contributed by atoms with Crippen LogP contribution in [0.4, 0.5) is 5.95 Å². The molecule has 0 spiro atoms. The Labute approximate surface area is 123 Å². The lowest BCUT2D eigenvalue weighted by Gasteiger charge is -2.33. The Morgan fingerprint density at radius 3 is 2.95 bits per heavy atom. The van der Waals surface area contributed by atoms with Crippen LogP contribution in [-0.4, -0.2) is 47.4 Å². The lowest BCUT2D eigenvalue weighted by molar-refractivity contribution is -0.153. The van der Waals surface area contributed by atoms with Gasteiger partial charge in [-0.15, -0.1) is 0 Å². The highest BCUT2D eigenvalue weighted by atomic mass is 16.5. The summed E-state index contributed by atoms with van der Waals surface area (Å²) >= 11 is 0. The molecule has 1 aromatic heterocycles. The van der Waals surface area contributed by atoms with Crippen molar-refractivity contribution in [2.75, 3.05) is 31.7 Å². The Morgan fingerprint density at radius 1 is 1.52 bits per heavy atom. The van der Waals surface area contributed by atoms with Crippen molar-refractivity contribution < 1.29 is 19.4 Å². The smallest absolute Gasteiger partial charge is 0.311 e. The van der Waals surface area contributed by atoms with Crippen molar-refractivity contribution >= 4 is 11.9 Å². The minimum Gasteiger partial charge on any atom is -0.481 e. The second-order valence-corrected chi connectivity index (χ2v) is 5.12. The lowest BCUT2D eigenvalue weighted by Crippen LogP contribution is -2.42. The molecule has 7 heteroatoms. The minimum absolute atomic E-state index is 0.281. The number of ether oxygens (including phenoxy) is 2. The van der Waals surface area contributed by atoms with E-state index in [2.05, 4.69) is 15.3 Å². The van der Waals surface area contributed by atoms with E-state index in [1.165, 1.54) is 0 Å². The highest BCUT2D eigenvalue weighted by molar-refractivity contribution is 5.75. The van der Waals surface area contributed by atoms with Gasteiger partial charge in [0.05, 0.1) is 12.0 Å². The summed E-state index contributed by atoms with van der Waals surface area (Å²) in [4.78, 5) is 19.9. The number of rotatable bonds is 7. The van der Waals surface area contributed by atoms with Gasteiger partial charge in [-0.2, -0.15) is 4.98 Å². The van der Waals surface area contributed by atoms with Gasteiger partial charge in [0.15, 0.2) is 0 Å². The summed E-state index contributed by atoms with van der Waals surface area (Å²) in [6.45, 7) is 3.82. The molecule has 1 saturated heterocycles. The van der Waals surface area contributed by atoms with Crippen LogP contribution >= 0.6 is 0 Å². The maximum absolute atomic E-state index is 11.5. The van der Waals surface area contributed by atoms with E-state index in [-0.39, 0.29) is 6.54 Å². The van der Waals surface area contributed by atoms with Crippen LogP contribution in [-0.2, 0) is 9.53 Å². The van der Waals surface area contributed by atoms with Gasteiger partial charge in [0.25, 0.3) is 0 Å². The molecule has 1 aliphatic rings. The molecule has 1 aromatic rings. The molecule has 0 unspecified atom stereocenters. The zero-order valence-electron chi connectivity index (χ0n) is 12.2. The van der Waals surface area contributed by atoms with Gasteiger partial charge in [0, 0.05) is 32.0 Å². The monoisotopic (exact) mass is 295 g/mol. The number of hydrogen-bond acceptors (Lipinski definition) is 6. The van der Waals surface area contributed by atoms with E-state index in [9.17, 15) is 9.90 Å². The van der Waals surface area contributed by atoms with Crippen LogP contribution in [0.15, 0.2) is 12.3 Å². The first kappa shape index (κ1) is 15.5. The molecule has 2 N–H and O–H groups in total. The first-order chi connectivity index (χ1) is 10.2. The van der Waals surface area contributed by atoms with E-state index in [0.717, 1.165) is 6.42 Å². The van der Waals surface area contributed by atoms with Gasteiger partial charge in [0.1, 0.15) is 0 Å². The Hall–Kier alpha value is -1.89. The highest BCUT2D eigenvalue weighted by Crippen LogP contribution is 2.31. The van der Waals surface area contributed by atoms with Crippen LogP contribution < -0.4 is 10.1 Å². The third-order valence-corrected chi connectivity index (χ3v) is 3.57. The summed E-state index contributed by atoms with van der Waals surface area (Å²) in [6, 6.07) is 1.68. The van der Waals surface area contributed by atoms with Gasteiger partial charge in [-0.1, -0.05) is 6.92 Å². The van der Waals surface area contributed by atoms with Gasteiger partial charge >= 0.3 is 5.97 Å². The summed E-state index contributed by atoms with van der Waals surface area (Å²) in [6.07, 6.45) is 3.47. The van der Waals surface area contributed by atoms with E-state index >= 15 is 0 Å². The summed E-state index contributed by atoms with van der Waals surface area (Å²) in [5, 5.41) is 12.5. The van der Waals surface area contributed by atoms with Crippen molar-refractivity contribution in [3.8, 4) is 5.88 Å². The predicted molar refractivity (Wildman–Crippen MR) is 76.4 cm³/mol. The average molecular weight is 295 g/mol. The molecule has 21 heavy (non-hydrogen) atoms. The number of carbonyl (C=O) groups is 1. The first-order valence-electron chi connectivity index (χ1n) is 7.17. The standard InChI is InChI=1S/C14H21N3O4/c1-2-7-21-11-3-6-15-13(17-11)16-10-14(12(18)19)4-8-20-9-5-14/h3,6H,2,4-5,7-10H2,1H3,(H,18,19)(H,15,16,17). The van der Waals surface area contributed by atoms with Crippen LogP contribution in [0, 0.1) is 5.41 Å². The number of aliphatic carboxylic acids is 1. The quantitative estimate of drug-likeness (QED) is 0.788. The molecule has 0 aromatic carbocycles. The van der Waals surface area contributed by atoms with Crippen LogP contribution in [0.2, 0.25) is 0 Å².